The smallest absolute Gasteiger partial charge is 0.0459 e. The molecule has 18 heavy (non-hydrogen) atoms. The van der Waals surface area contributed by atoms with Crippen molar-refractivity contribution in [1.82, 2.24) is 10.3 Å². The first-order chi connectivity index (χ1) is 8.90. The summed E-state index contributed by atoms with van der Waals surface area (Å²) < 4.78 is 0. The molecular weight excluding hydrogens is 240 g/mol. The van der Waals surface area contributed by atoms with E-state index in [1.54, 1.807) is 0 Å². The zero-order chi connectivity index (χ0) is 12.4. The van der Waals surface area contributed by atoms with Crippen LogP contribution in [0.3, 0.4) is 0 Å². The van der Waals surface area contributed by atoms with Gasteiger partial charge in [0, 0.05) is 29.1 Å². The van der Waals surface area contributed by atoms with Gasteiger partial charge in [-0.25, -0.2) is 0 Å². The summed E-state index contributed by atoms with van der Waals surface area (Å²) in [5, 5.41) is 6.74. The Morgan fingerprint density at radius 1 is 1.33 bits per heavy atom. The summed E-state index contributed by atoms with van der Waals surface area (Å²) in [6.07, 6.45) is 6.63. The number of rotatable bonds is 3. The van der Waals surface area contributed by atoms with Crippen molar-refractivity contribution in [2.45, 2.75) is 24.1 Å². The predicted molar refractivity (Wildman–Crippen MR) is 79.0 cm³/mol. The van der Waals surface area contributed by atoms with Crippen LogP contribution >= 0.6 is 11.8 Å². The predicted octanol–water partition coefficient (Wildman–Crippen LogP) is 3.39. The minimum Gasteiger partial charge on any atom is -0.312 e. The fraction of sp³-hybridized carbons (Fsp3) is 0.400. The molecule has 94 valence electrons. The molecule has 2 heterocycles. The van der Waals surface area contributed by atoms with Gasteiger partial charge in [-0.1, -0.05) is 24.3 Å². The Balaban J connectivity index is 2.06. The number of fused-ring (bicyclic) bond motifs is 1. The lowest BCUT2D eigenvalue weighted by Gasteiger charge is -2.23. The Hall–Kier alpha value is -1.06. The molecule has 3 heteroatoms. The molecule has 3 rings (SSSR count). The van der Waals surface area contributed by atoms with E-state index in [0.29, 0.717) is 11.3 Å². The largest absolute Gasteiger partial charge is 0.312 e. The third-order valence-electron chi connectivity index (χ3n) is 3.68. The highest BCUT2D eigenvalue weighted by Crippen LogP contribution is 2.37. The van der Waals surface area contributed by atoms with Crippen molar-refractivity contribution in [2.75, 3.05) is 12.8 Å². The van der Waals surface area contributed by atoms with Crippen LogP contribution < -0.4 is 5.32 Å². The Bertz CT molecular complexity index is 530. The number of nitrogens with zero attached hydrogens (tertiary/aromatic N) is 1. The van der Waals surface area contributed by atoms with Gasteiger partial charge >= 0.3 is 0 Å². The van der Waals surface area contributed by atoms with Crippen LogP contribution in [0.15, 0.2) is 36.7 Å². The van der Waals surface area contributed by atoms with Crippen molar-refractivity contribution in [3.8, 4) is 0 Å². The minimum atomic E-state index is 0.413. The summed E-state index contributed by atoms with van der Waals surface area (Å²) in [5.41, 5.74) is 1.34. The molecule has 2 nitrogen and oxygen atoms in total. The maximum absolute atomic E-state index is 4.40. The lowest BCUT2D eigenvalue weighted by Crippen LogP contribution is -2.26. The highest BCUT2D eigenvalue weighted by molar-refractivity contribution is 8.00. The van der Waals surface area contributed by atoms with Crippen molar-refractivity contribution in [3.63, 3.8) is 0 Å². The number of nitrogens with one attached hydrogen (secondary N) is 1. The highest BCUT2D eigenvalue weighted by atomic mass is 32.2. The van der Waals surface area contributed by atoms with E-state index in [9.17, 15) is 0 Å². The molecule has 1 aromatic carbocycles. The Morgan fingerprint density at radius 2 is 2.22 bits per heavy atom. The fourth-order valence-electron chi connectivity index (χ4n) is 2.79. The van der Waals surface area contributed by atoms with Gasteiger partial charge in [0.25, 0.3) is 0 Å². The SMILES string of the molecule is CNC(c1cncc2ccccc12)C1CCCS1. The molecular formula is C15H18N2S. The zero-order valence-electron chi connectivity index (χ0n) is 10.6. The van der Waals surface area contributed by atoms with Gasteiger partial charge < -0.3 is 5.32 Å². The quantitative estimate of drug-likeness (QED) is 0.913. The van der Waals surface area contributed by atoms with Gasteiger partial charge in [0.1, 0.15) is 0 Å². The van der Waals surface area contributed by atoms with E-state index in [4.69, 9.17) is 0 Å². The summed E-state index contributed by atoms with van der Waals surface area (Å²) in [5.74, 6) is 1.29. The van der Waals surface area contributed by atoms with E-state index in [0.717, 1.165) is 0 Å². The van der Waals surface area contributed by atoms with Gasteiger partial charge in [-0.15, -0.1) is 0 Å². The second-order valence-electron chi connectivity index (χ2n) is 4.77. The van der Waals surface area contributed by atoms with Gasteiger partial charge in [-0.2, -0.15) is 11.8 Å². The van der Waals surface area contributed by atoms with E-state index in [1.807, 2.05) is 12.4 Å². The van der Waals surface area contributed by atoms with Crippen LogP contribution in [0.25, 0.3) is 10.8 Å². The molecule has 0 saturated carbocycles. The number of benzene rings is 1. The first-order valence-electron chi connectivity index (χ1n) is 6.51. The molecule has 2 unspecified atom stereocenters. The van der Waals surface area contributed by atoms with Gasteiger partial charge in [0.05, 0.1) is 0 Å². The van der Waals surface area contributed by atoms with Crippen LogP contribution in [0.4, 0.5) is 0 Å². The summed E-state index contributed by atoms with van der Waals surface area (Å²) in [6.45, 7) is 0. The average Bonchev–Trinajstić information content (AvgIpc) is 2.94. The first kappa shape index (κ1) is 12.0. The summed E-state index contributed by atoms with van der Waals surface area (Å²) in [6, 6.07) is 8.94. The molecule has 0 bridgehead atoms. The molecule has 2 atom stereocenters. The van der Waals surface area contributed by atoms with Crippen molar-refractivity contribution in [2.24, 2.45) is 0 Å². The first-order valence-corrected chi connectivity index (χ1v) is 7.56. The molecule has 0 amide bonds. The molecule has 1 saturated heterocycles. The van der Waals surface area contributed by atoms with Crippen LogP contribution in [0, 0.1) is 0 Å². The van der Waals surface area contributed by atoms with Crippen LogP contribution in [0.1, 0.15) is 24.4 Å². The van der Waals surface area contributed by atoms with Crippen LogP contribution in [-0.4, -0.2) is 23.0 Å². The monoisotopic (exact) mass is 258 g/mol. The Kier molecular flexibility index (Phi) is 3.52. The molecule has 1 aliphatic heterocycles. The lowest BCUT2D eigenvalue weighted by atomic mass is 9.97. The Morgan fingerprint density at radius 3 is 3.00 bits per heavy atom. The maximum atomic E-state index is 4.40. The lowest BCUT2D eigenvalue weighted by molar-refractivity contribution is 0.554. The normalized spacial score (nSPS) is 21.3. The topological polar surface area (TPSA) is 24.9 Å². The van der Waals surface area contributed by atoms with Gasteiger partial charge in [0.2, 0.25) is 0 Å². The molecule has 1 aliphatic rings. The fourth-order valence-corrected chi connectivity index (χ4v) is 4.24. The summed E-state index contributed by atoms with van der Waals surface area (Å²) >= 11 is 2.09. The molecule has 2 aromatic rings. The number of pyridine rings is 1. The van der Waals surface area contributed by atoms with Crippen molar-refractivity contribution in [3.05, 3.63) is 42.2 Å². The van der Waals surface area contributed by atoms with Crippen molar-refractivity contribution >= 4 is 22.5 Å². The van der Waals surface area contributed by atoms with Crippen molar-refractivity contribution in [1.29, 1.82) is 0 Å². The van der Waals surface area contributed by atoms with Gasteiger partial charge in [0.15, 0.2) is 0 Å². The van der Waals surface area contributed by atoms with Crippen LogP contribution in [0.5, 0.6) is 0 Å². The molecule has 0 radical (unpaired) electrons. The number of hydrogen-bond acceptors (Lipinski definition) is 3. The van der Waals surface area contributed by atoms with E-state index in [1.165, 1.54) is 34.9 Å². The highest BCUT2D eigenvalue weighted by Gasteiger charge is 2.26. The molecule has 1 fully saturated rings. The number of hydrogen-bond donors (Lipinski definition) is 1. The third-order valence-corrected chi connectivity index (χ3v) is 5.14. The second-order valence-corrected chi connectivity index (χ2v) is 6.11. The van der Waals surface area contributed by atoms with Gasteiger partial charge in [-0.05, 0) is 36.6 Å². The zero-order valence-corrected chi connectivity index (χ0v) is 11.4. The maximum Gasteiger partial charge on any atom is 0.0459 e. The summed E-state index contributed by atoms with van der Waals surface area (Å²) in [7, 11) is 2.06. The van der Waals surface area contributed by atoms with Crippen LogP contribution in [0.2, 0.25) is 0 Å². The number of thioether (sulfide) groups is 1. The van der Waals surface area contributed by atoms with E-state index >= 15 is 0 Å². The summed E-state index contributed by atoms with van der Waals surface area (Å²) in [4.78, 5) is 4.40. The average molecular weight is 258 g/mol. The van der Waals surface area contributed by atoms with E-state index in [2.05, 4.69) is 53.4 Å². The molecule has 0 aliphatic carbocycles. The molecule has 1 N–H and O–H groups in total. The van der Waals surface area contributed by atoms with E-state index < -0.39 is 0 Å². The Labute approximate surface area is 112 Å². The third kappa shape index (κ3) is 2.13. The standard InChI is InChI=1S/C15H18N2S/c1-16-15(14-7-4-8-18-14)13-10-17-9-11-5-2-3-6-12(11)13/h2-3,5-6,9-10,14-16H,4,7-8H2,1H3. The van der Waals surface area contributed by atoms with E-state index in [-0.39, 0.29) is 0 Å². The van der Waals surface area contributed by atoms with Crippen LogP contribution in [-0.2, 0) is 0 Å². The molecule has 1 aromatic heterocycles. The minimum absolute atomic E-state index is 0.413. The van der Waals surface area contributed by atoms with Crippen molar-refractivity contribution < 1.29 is 0 Å². The van der Waals surface area contributed by atoms with Gasteiger partial charge in [-0.3, -0.25) is 4.98 Å². The number of aromatic nitrogens is 1. The second kappa shape index (κ2) is 5.29. The molecule has 0 spiro atoms.